The predicted octanol–water partition coefficient (Wildman–Crippen LogP) is 3.18. The highest BCUT2D eigenvalue weighted by Gasteiger charge is 2.39. The molecule has 29 heavy (non-hydrogen) atoms. The zero-order valence-corrected chi connectivity index (χ0v) is 15.6. The molecule has 4 rings (SSSR count). The predicted molar refractivity (Wildman–Crippen MR) is 102 cm³/mol. The molecule has 3 atom stereocenters. The average Bonchev–Trinajstić information content (AvgIpc) is 3.08. The fraction of sp³-hybridized carbons (Fsp3) is 0.333. The van der Waals surface area contributed by atoms with Gasteiger partial charge in [0.15, 0.2) is 0 Å². The van der Waals surface area contributed by atoms with E-state index in [9.17, 15) is 18.4 Å². The minimum Gasteiger partial charge on any atom is -0.465 e. The number of hydrogen-bond acceptors (Lipinski definition) is 2. The van der Waals surface area contributed by atoms with Gasteiger partial charge in [-0.25, -0.2) is 18.4 Å². The highest BCUT2D eigenvalue weighted by molar-refractivity contribution is 5.77. The Morgan fingerprint density at radius 3 is 2.48 bits per heavy atom. The van der Waals surface area contributed by atoms with Crippen molar-refractivity contribution in [1.29, 1.82) is 0 Å². The van der Waals surface area contributed by atoms with Gasteiger partial charge in [0.2, 0.25) is 0 Å². The molecule has 2 aromatic rings. The minimum atomic E-state index is -1.46. The number of nitrogens with zero attached hydrogens (tertiary/aromatic N) is 2. The maximum absolute atomic E-state index is 14.2. The van der Waals surface area contributed by atoms with Crippen LogP contribution in [0.5, 0.6) is 0 Å². The molecule has 0 aliphatic carbocycles. The van der Waals surface area contributed by atoms with Gasteiger partial charge in [0, 0.05) is 13.1 Å². The Morgan fingerprint density at radius 2 is 1.79 bits per heavy atom. The lowest BCUT2D eigenvalue weighted by Crippen LogP contribution is -2.51. The number of urea groups is 1. The number of benzene rings is 2. The second kappa shape index (κ2) is 7.69. The zero-order chi connectivity index (χ0) is 20.5. The topological polar surface area (TPSA) is 72.9 Å². The van der Waals surface area contributed by atoms with Crippen molar-refractivity contribution in [2.75, 3.05) is 19.6 Å². The van der Waals surface area contributed by atoms with Gasteiger partial charge in [0.1, 0.15) is 12.0 Å². The number of nitrogens with one attached hydrogen (secondary N) is 1. The first-order chi connectivity index (χ1) is 13.9. The van der Waals surface area contributed by atoms with Crippen LogP contribution in [0.25, 0.3) is 0 Å². The van der Waals surface area contributed by atoms with Gasteiger partial charge < -0.3 is 20.2 Å². The largest absolute Gasteiger partial charge is 0.465 e. The van der Waals surface area contributed by atoms with Crippen molar-refractivity contribution in [1.82, 2.24) is 15.1 Å². The van der Waals surface area contributed by atoms with Crippen molar-refractivity contribution in [2.45, 2.75) is 24.7 Å². The van der Waals surface area contributed by atoms with Crippen LogP contribution in [0.4, 0.5) is 18.4 Å². The van der Waals surface area contributed by atoms with Crippen LogP contribution >= 0.6 is 0 Å². The van der Waals surface area contributed by atoms with E-state index in [1.165, 1.54) is 12.1 Å². The Bertz CT molecular complexity index is 922. The molecule has 0 saturated carbocycles. The monoisotopic (exact) mass is 401 g/mol. The number of carbonyl (C=O) groups is 2. The quantitative estimate of drug-likeness (QED) is 0.812. The van der Waals surface area contributed by atoms with Gasteiger partial charge in [-0.15, -0.1) is 0 Å². The van der Waals surface area contributed by atoms with Gasteiger partial charge in [-0.1, -0.05) is 36.4 Å². The molecule has 1 fully saturated rings. The van der Waals surface area contributed by atoms with Crippen LogP contribution in [0.15, 0.2) is 48.5 Å². The van der Waals surface area contributed by atoms with E-state index in [-0.39, 0.29) is 18.9 Å². The molecule has 2 aromatic carbocycles. The maximum atomic E-state index is 14.2. The molecule has 0 bridgehead atoms. The summed E-state index contributed by atoms with van der Waals surface area (Å²) in [6, 6.07) is 11.9. The van der Waals surface area contributed by atoms with Crippen LogP contribution in [0, 0.1) is 5.82 Å². The fourth-order valence-corrected chi connectivity index (χ4v) is 4.09. The second-order valence-corrected chi connectivity index (χ2v) is 7.36. The number of carboxylic acid groups (broad SMARTS) is 1. The van der Waals surface area contributed by atoms with Gasteiger partial charge >= 0.3 is 12.1 Å². The zero-order valence-electron chi connectivity index (χ0n) is 15.6. The summed E-state index contributed by atoms with van der Waals surface area (Å²) >= 11 is 0. The van der Waals surface area contributed by atoms with Gasteiger partial charge in [-0.05, 0) is 35.2 Å². The Labute approximate surface area is 166 Å². The first kappa shape index (κ1) is 19.2. The smallest absolute Gasteiger partial charge is 0.407 e. The standard InChI is InChI=1S/C21H21F2N3O3/c22-15-7-5-14(6-8-15)19-16-4-2-1-3-13(16)9-10-26(19)20(27)24-18-12-25(21(28)29)11-17(18)23/h1-8,17-19H,9-12H2,(H,24,27)(H,28,29)/t17-,18-,19-/m0/s1. The summed E-state index contributed by atoms with van der Waals surface area (Å²) in [5, 5.41) is 11.7. The Morgan fingerprint density at radius 1 is 1.07 bits per heavy atom. The first-order valence-corrected chi connectivity index (χ1v) is 9.46. The van der Waals surface area contributed by atoms with Gasteiger partial charge in [0.05, 0.1) is 18.6 Å². The summed E-state index contributed by atoms with van der Waals surface area (Å²) in [7, 11) is 0. The lowest BCUT2D eigenvalue weighted by atomic mass is 9.88. The summed E-state index contributed by atoms with van der Waals surface area (Å²) in [6.45, 7) is 0.0651. The number of amides is 3. The molecular formula is C21H21F2N3O3. The number of likely N-dealkylation sites (tertiary alicyclic amines) is 1. The minimum absolute atomic E-state index is 0.0894. The van der Waals surface area contributed by atoms with Gasteiger partial charge in [-0.2, -0.15) is 0 Å². The third-order valence-corrected chi connectivity index (χ3v) is 5.56. The number of fused-ring (bicyclic) bond motifs is 1. The molecule has 6 nitrogen and oxygen atoms in total. The molecule has 2 aliphatic heterocycles. The number of hydrogen-bond donors (Lipinski definition) is 2. The van der Waals surface area contributed by atoms with Crippen molar-refractivity contribution >= 4 is 12.1 Å². The molecule has 1 saturated heterocycles. The van der Waals surface area contributed by atoms with Crippen LogP contribution < -0.4 is 5.32 Å². The molecule has 0 aromatic heterocycles. The average molecular weight is 401 g/mol. The van der Waals surface area contributed by atoms with Crippen LogP contribution in [0.2, 0.25) is 0 Å². The molecule has 0 unspecified atom stereocenters. The summed E-state index contributed by atoms with van der Waals surface area (Å²) in [4.78, 5) is 26.7. The van der Waals surface area contributed by atoms with Gasteiger partial charge in [0.25, 0.3) is 0 Å². The van der Waals surface area contributed by atoms with Crippen molar-refractivity contribution in [3.8, 4) is 0 Å². The maximum Gasteiger partial charge on any atom is 0.407 e. The van der Waals surface area contributed by atoms with E-state index in [4.69, 9.17) is 5.11 Å². The van der Waals surface area contributed by atoms with Crippen LogP contribution in [-0.2, 0) is 6.42 Å². The Kier molecular flexibility index (Phi) is 5.08. The molecule has 3 amide bonds. The Balaban J connectivity index is 1.60. The van der Waals surface area contributed by atoms with E-state index < -0.39 is 30.4 Å². The van der Waals surface area contributed by atoms with Gasteiger partial charge in [-0.3, -0.25) is 0 Å². The van der Waals surface area contributed by atoms with E-state index in [0.29, 0.717) is 13.0 Å². The third-order valence-electron chi connectivity index (χ3n) is 5.56. The number of carbonyl (C=O) groups excluding carboxylic acids is 1. The molecule has 2 heterocycles. The summed E-state index contributed by atoms with van der Waals surface area (Å²) in [6.07, 6.45) is -2.02. The first-order valence-electron chi connectivity index (χ1n) is 9.46. The van der Waals surface area contributed by atoms with Crippen molar-refractivity contribution in [3.63, 3.8) is 0 Å². The summed E-state index contributed by atoms with van der Waals surface area (Å²) in [5.41, 5.74) is 2.80. The highest BCUT2D eigenvalue weighted by Crippen LogP contribution is 2.35. The number of rotatable bonds is 2. The van der Waals surface area contributed by atoms with Crippen LogP contribution in [0.3, 0.4) is 0 Å². The van der Waals surface area contributed by atoms with Crippen LogP contribution in [-0.4, -0.2) is 58.9 Å². The van der Waals surface area contributed by atoms with Crippen LogP contribution in [0.1, 0.15) is 22.7 Å². The molecule has 152 valence electrons. The molecule has 2 N–H and O–H groups in total. The number of alkyl halides is 1. The lowest BCUT2D eigenvalue weighted by Gasteiger charge is -2.38. The van der Waals surface area contributed by atoms with E-state index in [2.05, 4.69) is 5.32 Å². The van der Waals surface area contributed by atoms with Crippen molar-refractivity contribution in [2.24, 2.45) is 0 Å². The summed E-state index contributed by atoms with van der Waals surface area (Å²) < 4.78 is 27.7. The number of halogens is 2. The fourth-order valence-electron chi connectivity index (χ4n) is 4.09. The molecule has 8 heteroatoms. The molecule has 0 radical (unpaired) electrons. The molecule has 0 spiro atoms. The Hall–Kier alpha value is -3.16. The van der Waals surface area contributed by atoms with Crippen molar-refractivity contribution in [3.05, 3.63) is 71.0 Å². The van der Waals surface area contributed by atoms with E-state index in [1.54, 1.807) is 17.0 Å². The SMILES string of the molecule is O=C(O)N1C[C@H](NC(=O)N2CCc3ccccc3[C@@H]2c2ccc(F)cc2)[C@@H](F)C1. The summed E-state index contributed by atoms with van der Waals surface area (Å²) in [5.74, 6) is -0.367. The van der Waals surface area contributed by atoms with Crippen molar-refractivity contribution < 1.29 is 23.5 Å². The van der Waals surface area contributed by atoms with E-state index in [0.717, 1.165) is 21.6 Å². The van der Waals surface area contributed by atoms with E-state index in [1.807, 2.05) is 24.3 Å². The molecule has 2 aliphatic rings. The van der Waals surface area contributed by atoms with E-state index >= 15 is 0 Å². The lowest BCUT2D eigenvalue weighted by molar-refractivity contribution is 0.151. The molecular weight excluding hydrogens is 380 g/mol. The highest BCUT2D eigenvalue weighted by atomic mass is 19.1. The normalized spacial score (nSPS) is 23.6. The second-order valence-electron chi connectivity index (χ2n) is 7.36. The third kappa shape index (κ3) is 3.74.